The fourth-order valence-electron chi connectivity index (χ4n) is 5.10. The van der Waals surface area contributed by atoms with Crippen molar-refractivity contribution in [2.75, 3.05) is 90.3 Å². The number of methoxy groups -OCH3 is 2. The summed E-state index contributed by atoms with van der Waals surface area (Å²) in [6.07, 6.45) is 0.585. The molecule has 1 aromatic carbocycles. The number of nitrogens with zero attached hydrogens (tertiary/aromatic N) is 5. The second-order valence-electron chi connectivity index (χ2n) is 11.0. The number of hydrogen-bond acceptors (Lipinski definition) is 16. The number of nitro benzene ring substituents is 1. The Morgan fingerprint density at radius 2 is 1.69 bits per heavy atom. The van der Waals surface area contributed by atoms with E-state index in [4.69, 9.17) is 28.4 Å². The molecule has 1 saturated heterocycles. The van der Waals surface area contributed by atoms with E-state index < -0.39 is 22.3 Å². The summed E-state index contributed by atoms with van der Waals surface area (Å²) in [4.78, 5) is 43.4. The topological polar surface area (TPSA) is 212 Å². The first kappa shape index (κ1) is 37.2. The van der Waals surface area contributed by atoms with Gasteiger partial charge in [0, 0.05) is 45.8 Å². The Balaban J connectivity index is 1.16. The van der Waals surface area contributed by atoms with Crippen molar-refractivity contribution in [1.82, 2.24) is 20.6 Å². The highest BCUT2D eigenvalue weighted by atomic mass is 16.6. The lowest BCUT2D eigenvalue weighted by Crippen LogP contribution is -2.55. The van der Waals surface area contributed by atoms with Crippen LogP contribution in [0.1, 0.15) is 37.2 Å². The molecule has 1 fully saturated rings. The molecule has 0 saturated carbocycles. The van der Waals surface area contributed by atoms with Crippen LogP contribution in [-0.4, -0.2) is 124 Å². The Morgan fingerprint density at radius 1 is 1.00 bits per heavy atom. The minimum Gasteiger partial charge on any atom is -0.480 e. The number of anilines is 2. The maximum absolute atomic E-state index is 13.3. The molecule has 1 amide bonds. The van der Waals surface area contributed by atoms with E-state index in [0.717, 1.165) is 5.69 Å². The van der Waals surface area contributed by atoms with Gasteiger partial charge in [0.25, 0.3) is 5.91 Å². The van der Waals surface area contributed by atoms with E-state index in [2.05, 4.69) is 30.6 Å². The Bertz CT molecular complexity index is 1550. The number of carbonyl (C=O) groups excluding carboxylic acids is 2. The Kier molecular flexibility index (Phi) is 13.8. The summed E-state index contributed by atoms with van der Waals surface area (Å²) in [5.41, 5.74) is 0.236. The first-order chi connectivity index (χ1) is 23.8. The number of benzene rings is 1. The zero-order valence-corrected chi connectivity index (χ0v) is 28.1. The lowest BCUT2D eigenvalue weighted by Gasteiger charge is -2.40. The van der Waals surface area contributed by atoms with Gasteiger partial charge in [-0.15, -0.1) is 0 Å². The third kappa shape index (κ3) is 9.50. The molecule has 0 aliphatic carbocycles. The van der Waals surface area contributed by atoms with Gasteiger partial charge in [-0.05, 0) is 41.9 Å². The number of amides is 1. The average Bonchev–Trinajstić information content (AvgIpc) is 3.58. The fourth-order valence-corrected chi connectivity index (χ4v) is 5.10. The zero-order valence-electron chi connectivity index (χ0n) is 28.1. The predicted octanol–water partition coefficient (Wildman–Crippen LogP) is 2.36. The number of non-ortho nitro benzene ring substituents is 1. The normalized spacial score (nSPS) is 14.2. The van der Waals surface area contributed by atoms with Crippen LogP contribution in [0.2, 0.25) is 0 Å². The molecule has 1 aliphatic rings. The molecule has 18 heteroatoms. The van der Waals surface area contributed by atoms with Gasteiger partial charge >= 0.3 is 11.7 Å². The molecule has 2 N–H and O–H groups in total. The van der Waals surface area contributed by atoms with E-state index in [0.29, 0.717) is 57.6 Å². The second-order valence-corrected chi connectivity index (χ2v) is 11.0. The third-order valence-electron chi connectivity index (χ3n) is 7.98. The number of nitrogens with one attached hydrogen (secondary N) is 2. The largest absolute Gasteiger partial charge is 0.480 e. The number of carbonyl (C=O) groups is 2. The Morgan fingerprint density at radius 3 is 2.35 bits per heavy atom. The lowest BCUT2D eigenvalue weighted by atomic mass is 9.92. The Hall–Kier alpha value is -4.65. The van der Waals surface area contributed by atoms with Crippen molar-refractivity contribution in [3.63, 3.8) is 0 Å². The molecule has 49 heavy (non-hydrogen) atoms. The summed E-state index contributed by atoms with van der Waals surface area (Å²) in [6, 6.07) is 6.24. The Labute approximate surface area is 282 Å². The van der Waals surface area contributed by atoms with Gasteiger partial charge in [-0.2, -0.15) is 0 Å². The van der Waals surface area contributed by atoms with Gasteiger partial charge in [0.1, 0.15) is 16.9 Å². The van der Waals surface area contributed by atoms with Gasteiger partial charge in [0.15, 0.2) is 5.52 Å². The molecule has 3 aromatic rings. The SMILES string of the molecule is CCOC(=O)C(CC)(CCOCCOCCOCCNc1ccc([N+](=O)[O-])c2nonc12)NC(=O)c1ccc(N2CC(OC)C2)c(OC)n1. The summed E-state index contributed by atoms with van der Waals surface area (Å²) in [5, 5.41) is 24.4. The van der Waals surface area contributed by atoms with Crippen LogP contribution < -0.4 is 20.3 Å². The molecule has 0 bridgehead atoms. The number of aromatic nitrogens is 3. The van der Waals surface area contributed by atoms with Crippen LogP contribution in [0.3, 0.4) is 0 Å². The van der Waals surface area contributed by atoms with Crippen LogP contribution in [0.25, 0.3) is 11.0 Å². The van der Waals surface area contributed by atoms with Crippen molar-refractivity contribution in [2.45, 2.75) is 38.3 Å². The van der Waals surface area contributed by atoms with E-state index >= 15 is 0 Å². The maximum Gasteiger partial charge on any atom is 0.331 e. The molecule has 18 nitrogen and oxygen atoms in total. The van der Waals surface area contributed by atoms with Crippen LogP contribution in [-0.2, 0) is 28.5 Å². The second kappa shape index (κ2) is 18.2. The molecule has 268 valence electrons. The van der Waals surface area contributed by atoms with E-state index in [9.17, 15) is 19.7 Å². The number of pyridine rings is 1. The van der Waals surface area contributed by atoms with E-state index in [1.807, 2.05) is 4.90 Å². The van der Waals surface area contributed by atoms with Crippen molar-refractivity contribution < 1.29 is 47.6 Å². The van der Waals surface area contributed by atoms with E-state index in [-0.39, 0.29) is 61.2 Å². The van der Waals surface area contributed by atoms with Crippen molar-refractivity contribution in [2.24, 2.45) is 0 Å². The molecule has 0 spiro atoms. The first-order valence-electron chi connectivity index (χ1n) is 16.0. The monoisotopic (exact) mass is 689 g/mol. The molecular weight excluding hydrogens is 646 g/mol. The summed E-state index contributed by atoms with van der Waals surface area (Å²) < 4.78 is 37.6. The number of esters is 1. The van der Waals surface area contributed by atoms with Crippen LogP contribution >= 0.6 is 0 Å². The van der Waals surface area contributed by atoms with E-state index in [1.54, 1.807) is 33.1 Å². The highest BCUT2D eigenvalue weighted by Gasteiger charge is 2.40. The summed E-state index contributed by atoms with van der Waals surface area (Å²) in [7, 11) is 3.15. The van der Waals surface area contributed by atoms with Crippen LogP contribution in [0.4, 0.5) is 17.1 Å². The number of ether oxygens (including phenoxy) is 6. The lowest BCUT2D eigenvalue weighted by molar-refractivity contribution is -0.383. The third-order valence-corrected chi connectivity index (χ3v) is 7.98. The molecule has 1 unspecified atom stereocenters. The molecule has 3 heterocycles. The van der Waals surface area contributed by atoms with Crippen molar-refractivity contribution in [3.8, 4) is 5.88 Å². The standard InChI is InChI=1S/C31H43N7O11/c1-5-31(30(40)48-6-2,34-28(39)23-8-10-25(29(33-23)44-4)37-19-21(20-37)43-3)11-13-45-15-17-47-18-16-46-14-12-32-22-7-9-24(38(41)42)27-26(22)35-49-36-27/h7-10,21,32H,5-6,11-20H2,1-4H3,(H,34,39). The molecule has 0 radical (unpaired) electrons. The number of nitro groups is 1. The predicted molar refractivity (Wildman–Crippen MR) is 175 cm³/mol. The van der Waals surface area contributed by atoms with Gasteiger partial charge < -0.3 is 44.0 Å². The van der Waals surface area contributed by atoms with Gasteiger partial charge in [-0.3, -0.25) is 14.9 Å². The average molecular weight is 690 g/mol. The maximum atomic E-state index is 13.3. The number of rotatable bonds is 22. The number of hydrogen-bond donors (Lipinski definition) is 2. The van der Waals surface area contributed by atoms with Crippen molar-refractivity contribution in [1.29, 1.82) is 0 Å². The van der Waals surface area contributed by atoms with Crippen LogP contribution in [0.5, 0.6) is 5.88 Å². The summed E-state index contributed by atoms with van der Waals surface area (Å²) in [6.45, 7) is 7.20. The summed E-state index contributed by atoms with van der Waals surface area (Å²) >= 11 is 0. The molecular formula is C31H43N7O11. The summed E-state index contributed by atoms with van der Waals surface area (Å²) in [5.74, 6) is -0.782. The molecule has 1 aliphatic heterocycles. The van der Waals surface area contributed by atoms with Crippen LogP contribution in [0.15, 0.2) is 28.9 Å². The minimum absolute atomic E-state index is 0.0703. The van der Waals surface area contributed by atoms with Gasteiger partial charge in [-0.1, -0.05) is 6.92 Å². The quantitative estimate of drug-likeness (QED) is 0.0671. The zero-order chi connectivity index (χ0) is 35.2. The van der Waals surface area contributed by atoms with Gasteiger partial charge in [0.2, 0.25) is 11.4 Å². The highest BCUT2D eigenvalue weighted by Crippen LogP contribution is 2.31. The molecule has 2 aromatic heterocycles. The number of fused-ring (bicyclic) bond motifs is 1. The van der Waals surface area contributed by atoms with Gasteiger partial charge in [-0.25, -0.2) is 14.4 Å². The molecule has 1 atom stereocenters. The van der Waals surface area contributed by atoms with Crippen molar-refractivity contribution >= 4 is 40.0 Å². The minimum atomic E-state index is -1.32. The fraction of sp³-hybridized carbons (Fsp3) is 0.581. The van der Waals surface area contributed by atoms with E-state index in [1.165, 1.54) is 19.2 Å². The van der Waals surface area contributed by atoms with Crippen LogP contribution in [0, 0.1) is 10.1 Å². The molecule has 4 rings (SSSR count). The van der Waals surface area contributed by atoms with Crippen molar-refractivity contribution in [3.05, 3.63) is 40.1 Å². The smallest absolute Gasteiger partial charge is 0.331 e. The highest BCUT2D eigenvalue weighted by molar-refractivity contribution is 5.97. The first-order valence-corrected chi connectivity index (χ1v) is 16.0. The van der Waals surface area contributed by atoms with Gasteiger partial charge in [0.05, 0.1) is 63.5 Å².